The molecule has 0 heterocycles. The van der Waals surface area contributed by atoms with Gasteiger partial charge in [0.1, 0.15) is 0 Å². The molecule has 0 aromatic heterocycles. The maximum Gasteiger partial charge on any atom is 0.269 e. The summed E-state index contributed by atoms with van der Waals surface area (Å²) >= 11 is 0. The van der Waals surface area contributed by atoms with Gasteiger partial charge in [-0.15, -0.1) is 0 Å². The molecule has 0 radical (unpaired) electrons. The maximum absolute atomic E-state index is 10.9. The van der Waals surface area contributed by atoms with Crippen molar-refractivity contribution in [2.45, 2.75) is 13.0 Å². The summed E-state index contributed by atoms with van der Waals surface area (Å²) in [6.07, 6.45) is 1.08. The van der Waals surface area contributed by atoms with Gasteiger partial charge < -0.3 is 11.5 Å². The molecule has 6 nitrogen and oxygen atoms in total. The van der Waals surface area contributed by atoms with Crippen LogP contribution in [0.25, 0.3) is 0 Å². The van der Waals surface area contributed by atoms with Crippen LogP contribution in [0.4, 0.5) is 0 Å². The third-order valence-electron chi connectivity index (χ3n) is 1.28. The van der Waals surface area contributed by atoms with Crippen LogP contribution in [0.3, 0.4) is 0 Å². The predicted octanol–water partition coefficient (Wildman–Crippen LogP) is -0.185. The van der Waals surface area contributed by atoms with Crippen molar-refractivity contribution in [2.75, 3.05) is 12.9 Å². The number of hydrogen-bond donors (Lipinski definition) is 2. The van der Waals surface area contributed by atoms with E-state index in [0.717, 1.165) is 13.2 Å². The van der Waals surface area contributed by atoms with Crippen molar-refractivity contribution in [3.63, 3.8) is 0 Å². The van der Waals surface area contributed by atoms with Gasteiger partial charge in [0, 0.05) is 6.04 Å². The summed E-state index contributed by atoms with van der Waals surface area (Å²) < 4.78 is 26.0. The SMILES string of the molecule is C=CC(=O)NC(C)CS(=O)(=O)OC.N. The third kappa shape index (κ3) is 6.58. The molecule has 0 saturated carbocycles. The van der Waals surface area contributed by atoms with Crippen molar-refractivity contribution in [3.05, 3.63) is 12.7 Å². The summed E-state index contributed by atoms with van der Waals surface area (Å²) in [6.45, 7) is 4.80. The fourth-order valence-corrected chi connectivity index (χ4v) is 1.55. The number of hydrogen-bond acceptors (Lipinski definition) is 5. The molecular formula is C7H16N2O4S. The lowest BCUT2D eigenvalue weighted by molar-refractivity contribution is -0.116. The molecule has 1 unspecified atom stereocenters. The van der Waals surface area contributed by atoms with Crippen molar-refractivity contribution >= 4 is 16.0 Å². The molecule has 0 spiro atoms. The number of rotatable bonds is 5. The van der Waals surface area contributed by atoms with Gasteiger partial charge in [-0.25, -0.2) is 0 Å². The van der Waals surface area contributed by atoms with Crippen molar-refractivity contribution < 1.29 is 17.4 Å². The van der Waals surface area contributed by atoms with E-state index in [9.17, 15) is 13.2 Å². The van der Waals surface area contributed by atoms with Crippen molar-refractivity contribution in [2.24, 2.45) is 0 Å². The highest BCUT2D eigenvalue weighted by Gasteiger charge is 2.15. The summed E-state index contributed by atoms with van der Waals surface area (Å²) in [6, 6.07) is -0.490. The van der Waals surface area contributed by atoms with Gasteiger partial charge in [-0.1, -0.05) is 6.58 Å². The zero-order valence-electron chi connectivity index (χ0n) is 8.32. The minimum Gasteiger partial charge on any atom is -0.349 e. The largest absolute Gasteiger partial charge is 0.349 e. The highest BCUT2D eigenvalue weighted by molar-refractivity contribution is 7.86. The maximum atomic E-state index is 10.9. The molecule has 0 fully saturated rings. The first-order valence-corrected chi connectivity index (χ1v) is 5.20. The van der Waals surface area contributed by atoms with Gasteiger partial charge in [0.15, 0.2) is 0 Å². The number of amides is 1. The van der Waals surface area contributed by atoms with E-state index < -0.39 is 22.1 Å². The average Bonchev–Trinajstić information content (AvgIpc) is 2.03. The van der Waals surface area contributed by atoms with Crippen LogP contribution >= 0.6 is 0 Å². The first-order chi connectivity index (χ1) is 5.91. The second kappa shape index (κ2) is 6.52. The second-order valence-electron chi connectivity index (χ2n) is 2.50. The lowest BCUT2D eigenvalue weighted by Gasteiger charge is -2.11. The lowest BCUT2D eigenvalue weighted by atomic mass is 10.4. The molecule has 0 saturated heterocycles. The quantitative estimate of drug-likeness (QED) is 0.497. The van der Waals surface area contributed by atoms with Crippen LogP contribution in [0.1, 0.15) is 6.92 Å². The standard InChI is InChI=1S/C7H13NO4S.H3N/c1-4-7(9)8-6(2)5-13(10,11)12-3;/h4,6H,1,5H2,2-3H3,(H,8,9);1H3. The Balaban J connectivity index is 0. The van der Waals surface area contributed by atoms with Crippen molar-refractivity contribution in [1.29, 1.82) is 0 Å². The van der Waals surface area contributed by atoms with Crippen LogP contribution in [-0.2, 0) is 19.1 Å². The Hall–Kier alpha value is -0.920. The number of carbonyl (C=O) groups excluding carboxylic acids is 1. The Morgan fingerprint density at radius 3 is 2.50 bits per heavy atom. The first kappa shape index (κ1) is 15.5. The first-order valence-electron chi connectivity index (χ1n) is 3.62. The summed E-state index contributed by atoms with van der Waals surface area (Å²) in [5.41, 5.74) is 0. The average molecular weight is 224 g/mol. The molecule has 0 aliphatic carbocycles. The summed E-state index contributed by atoms with van der Waals surface area (Å²) in [4.78, 5) is 10.7. The van der Waals surface area contributed by atoms with Crippen molar-refractivity contribution in [3.8, 4) is 0 Å². The third-order valence-corrected chi connectivity index (χ3v) is 2.70. The van der Waals surface area contributed by atoms with E-state index in [2.05, 4.69) is 16.1 Å². The Labute approximate surface area is 84.0 Å². The monoisotopic (exact) mass is 224 g/mol. The Morgan fingerprint density at radius 1 is 1.64 bits per heavy atom. The van der Waals surface area contributed by atoms with Gasteiger partial charge in [0.2, 0.25) is 5.91 Å². The Morgan fingerprint density at radius 2 is 2.14 bits per heavy atom. The minimum atomic E-state index is -3.52. The lowest BCUT2D eigenvalue weighted by Crippen LogP contribution is -2.36. The van der Waals surface area contributed by atoms with E-state index in [4.69, 9.17) is 0 Å². The van der Waals surface area contributed by atoms with Crippen LogP contribution < -0.4 is 11.5 Å². The fraction of sp³-hybridized carbons (Fsp3) is 0.571. The number of nitrogens with one attached hydrogen (secondary N) is 1. The highest BCUT2D eigenvalue weighted by Crippen LogP contribution is 1.94. The minimum absolute atomic E-state index is 0. The van der Waals surface area contributed by atoms with Crippen LogP contribution in [0.15, 0.2) is 12.7 Å². The van der Waals surface area contributed by atoms with Gasteiger partial charge in [-0.3, -0.25) is 8.98 Å². The van der Waals surface area contributed by atoms with E-state index in [1.54, 1.807) is 6.92 Å². The van der Waals surface area contributed by atoms with Crippen LogP contribution in [0.2, 0.25) is 0 Å². The van der Waals surface area contributed by atoms with Crippen molar-refractivity contribution in [1.82, 2.24) is 11.5 Å². The van der Waals surface area contributed by atoms with Gasteiger partial charge in [0.05, 0.1) is 12.9 Å². The van der Waals surface area contributed by atoms with E-state index in [-0.39, 0.29) is 11.9 Å². The zero-order chi connectivity index (χ0) is 10.5. The topological polar surface area (TPSA) is 107 Å². The Bertz CT molecular complexity index is 286. The molecule has 0 rings (SSSR count). The fourth-order valence-electron chi connectivity index (χ4n) is 0.718. The molecule has 14 heavy (non-hydrogen) atoms. The highest BCUT2D eigenvalue weighted by atomic mass is 32.2. The molecule has 0 aromatic rings. The molecular weight excluding hydrogens is 208 g/mol. The molecule has 7 heteroatoms. The van der Waals surface area contributed by atoms with E-state index in [1.807, 2.05) is 0 Å². The summed E-state index contributed by atoms with van der Waals surface area (Å²) in [7, 11) is -2.44. The van der Waals surface area contributed by atoms with Crippen LogP contribution in [-0.4, -0.2) is 33.2 Å². The van der Waals surface area contributed by atoms with E-state index >= 15 is 0 Å². The van der Waals surface area contributed by atoms with Gasteiger partial charge in [0.25, 0.3) is 10.1 Å². The van der Waals surface area contributed by atoms with Crippen LogP contribution in [0, 0.1) is 0 Å². The number of carbonyl (C=O) groups is 1. The molecule has 1 atom stereocenters. The molecule has 0 aliphatic rings. The molecule has 0 bridgehead atoms. The zero-order valence-corrected chi connectivity index (χ0v) is 9.13. The van der Waals surface area contributed by atoms with Gasteiger partial charge in [-0.05, 0) is 13.0 Å². The second-order valence-corrected chi connectivity index (χ2v) is 4.29. The van der Waals surface area contributed by atoms with Gasteiger partial charge >= 0.3 is 0 Å². The smallest absolute Gasteiger partial charge is 0.269 e. The Kier molecular flexibility index (Phi) is 7.24. The molecule has 84 valence electrons. The summed E-state index contributed by atoms with van der Waals surface area (Å²) in [5, 5.41) is 2.40. The molecule has 0 aliphatic heterocycles. The molecule has 1 amide bonds. The van der Waals surface area contributed by atoms with Gasteiger partial charge in [-0.2, -0.15) is 8.42 Å². The van der Waals surface area contributed by atoms with Crippen LogP contribution in [0.5, 0.6) is 0 Å². The summed E-state index contributed by atoms with van der Waals surface area (Å²) in [5.74, 6) is -0.651. The normalized spacial score (nSPS) is 12.4. The molecule has 4 N–H and O–H groups in total. The molecule has 0 aromatic carbocycles. The van der Waals surface area contributed by atoms with E-state index in [1.165, 1.54) is 0 Å². The predicted molar refractivity (Wildman–Crippen MR) is 53.6 cm³/mol. The van der Waals surface area contributed by atoms with E-state index in [0.29, 0.717) is 0 Å².